The van der Waals surface area contributed by atoms with Crippen molar-refractivity contribution >= 4 is 0 Å². The van der Waals surface area contributed by atoms with Crippen LogP contribution in [-0.2, 0) is 0 Å². The van der Waals surface area contributed by atoms with Gasteiger partial charge in [0.1, 0.15) is 0 Å². The van der Waals surface area contributed by atoms with Crippen LogP contribution in [0.4, 0.5) is 0 Å². The highest BCUT2D eigenvalue weighted by atomic mass is 14.8. The quantitative estimate of drug-likeness (QED) is 0.453. The van der Waals surface area contributed by atoms with Crippen LogP contribution >= 0.6 is 0 Å². The standard InChI is InChI=1S/C10H17N/c1-3-4-5-6-7-8-9-10-11-2/h3-7,11H,1,8-10H2,2H3/b5-4-,7-6-. The molecule has 0 saturated heterocycles. The molecule has 62 valence electrons. The molecule has 0 fully saturated rings. The summed E-state index contributed by atoms with van der Waals surface area (Å²) in [6, 6.07) is 0. The van der Waals surface area contributed by atoms with Crippen LogP contribution in [0.15, 0.2) is 37.0 Å². The summed E-state index contributed by atoms with van der Waals surface area (Å²) in [5.74, 6) is 0. The van der Waals surface area contributed by atoms with E-state index in [2.05, 4.69) is 24.0 Å². The van der Waals surface area contributed by atoms with E-state index in [1.54, 1.807) is 6.08 Å². The van der Waals surface area contributed by atoms with Crippen LogP contribution in [0.25, 0.3) is 0 Å². The Morgan fingerprint density at radius 2 is 2.09 bits per heavy atom. The lowest BCUT2D eigenvalue weighted by Gasteiger charge is -1.92. The molecular formula is C10H17N. The average Bonchev–Trinajstić information content (AvgIpc) is 2.03. The first-order valence-electron chi connectivity index (χ1n) is 4.00. The summed E-state index contributed by atoms with van der Waals surface area (Å²) >= 11 is 0. The molecule has 0 aliphatic heterocycles. The Labute approximate surface area is 69.5 Å². The van der Waals surface area contributed by atoms with E-state index in [4.69, 9.17) is 0 Å². The number of unbranched alkanes of at least 4 members (excludes halogenated alkanes) is 1. The highest BCUT2D eigenvalue weighted by Gasteiger charge is 1.77. The van der Waals surface area contributed by atoms with Gasteiger partial charge in [-0.1, -0.05) is 37.0 Å². The van der Waals surface area contributed by atoms with Gasteiger partial charge in [-0.25, -0.2) is 0 Å². The van der Waals surface area contributed by atoms with Gasteiger partial charge in [0.2, 0.25) is 0 Å². The molecule has 0 radical (unpaired) electrons. The minimum absolute atomic E-state index is 1.09. The highest BCUT2D eigenvalue weighted by Crippen LogP contribution is 1.89. The maximum Gasteiger partial charge on any atom is -0.00490 e. The monoisotopic (exact) mass is 151 g/mol. The zero-order chi connectivity index (χ0) is 8.36. The number of allylic oxidation sites excluding steroid dienone is 5. The Morgan fingerprint density at radius 1 is 1.27 bits per heavy atom. The molecule has 0 aromatic rings. The maximum atomic E-state index is 3.58. The van der Waals surface area contributed by atoms with E-state index in [-0.39, 0.29) is 0 Å². The highest BCUT2D eigenvalue weighted by molar-refractivity contribution is 5.08. The minimum atomic E-state index is 1.09. The van der Waals surface area contributed by atoms with Crippen LogP contribution in [0.5, 0.6) is 0 Å². The summed E-state index contributed by atoms with van der Waals surface area (Å²) in [7, 11) is 1.97. The summed E-state index contributed by atoms with van der Waals surface area (Å²) in [6.07, 6.45) is 12.3. The first kappa shape index (κ1) is 10.2. The van der Waals surface area contributed by atoms with Crippen molar-refractivity contribution in [2.75, 3.05) is 13.6 Å². The van der Waals surface area contributed by atoms with Gasteiger partial charge in [0.25, 0.3) is 0 Å². The molecule has 0 rings (SSSR count). The van der Waals surface area contributed by atoms with E-state index < -0.39 is 0 Å². The molecule has 1 nitrogen and oxygen atoms in total. The largest absolute Gasteiger partial charge is 0.320 e. The van der Waals surface area contributed by atoms with Crippen molar-refractivity contribution in [3.63, 3.8) is 0 Å². The van der Waals surface area contributed by atoms with Crippen molar-refractivity contribution in [1.29, 1.82) is 0 Å². The predicted octanol–water partition coefficient (Wildman–Crippen LogP) is 2.28. The Morgan fingerprint density at radius 3 is 2.73 bits per heavy atom. The number of hydrogen-bond acceptors (Lipinski definition) is 1. The summed E-state index contributed by atoms with van der Waals surface area (Å²) in [6.45, 7) is 4.67. The van der Waals surface area contributed by atoms with E-state index >= 15 is 0 Å². The minimum Gasteiger partial charge on any atom is -0.320 e. The molecule has 11 heavy (non-hydrogen) atoms. The fraction of sp³-hybridized carbons (Fsp3) is 0.400. The smallest absolute Gasteiger partial charge is 0.00490 e. The van der Waals surface area contributed by atoms with Gasteiger partial charge in [-0.2, -0.15) is 0 Å². The van der Waals surface area contributed by atoms with E-state index in [0.29, 0.717) is 0 Å². The van der Waals surface area contributed by atoms with Gasteiger partial charge in [0.05, 0.1) is 0 Å². The van der Waals surface area contributed by atoms with E-state index in [9.17, 15) is 0 Å². The van der Waals surface area contributed by atoms with Crippen LogP contribution in [0.1, 0.15) is 12.8 Å². The summed E-state index contributed by atoms with van der Waals surface area (Å²) in [5.41, 5.74) is 0. The summed E-state index contributed by atoms with van der Waals surface area (Å²) in [4.78, 5) is 0. The summed E-state index contributed by atoms with van der Waals surface area (Å²) in [5, 5.41) is 3.10. The van der Waals surface area contributed by atoms with Crippen LogP contribution in [0.3, 0.4) is 0 Å². The maximum absolute atomic E-state index is 3.58. The number of rotatable bonds is 6. The molecule has 0 aromatic heterocycles. The van der Waals surface area contributed by atoms with Crippen LogP contribution < -0.4 is 5.32 Å². The SMILES string of the molecule is C=C/C=C\C=C/CCCNC. The second kappa shape index (κ2) is 9.18. The fourth-order valence-corrected chi connectivity index (χ4v) is 0.714. The van der Waals surface area contributed by atoms with E-state index in [0.717, 1.165) is 13.0 Å². The van der Waals surface area contributed by atoms with Crippen LogP contribution in [-0.4, -0.2) is 13.6 Å². The molecule has 0 spiro atoms. The van der Waals surface area contributed by atoms with Crippen molar-refractivity contribution in [1.82, 2.24) is 5.32 Å². The Hall–Kier alpha value is -0.820. The van der Waals surface area contributed by atoms with Gasteiger partial charge in [-0.15, -0.1) is 0 Å². The molecule has 0 aliphatic carbocycles. The zero-order valence-electron chi connectivity index (χ0n) is 7.22. The van der Waals surface area contributed by atoms with Gasteiger partial charge in [0.15, 0.2) is 0 Å². The van der Waals surface area contributed by atoms with E-state index in [1.807, 2.05) is 19.2 Å². The van der Waals surface area contributed by atoms with Crippen molar-refractivity contribution in [3.05, 3.63) is 37.0 Å². The van der Waals surface area contributed by atoms with Crippen molar-refractivity contribution in [2.24, 2.45) is 0 Å². The van der Waals surface area contributed by atoms with E-state index in [1.165, 1.54) is 6.42 Å². The average molecular weight is 151 g/mol. The predicted molar refractivity (Wildman–Crippen MR) is 51.6 cm³/mol. The molecule has 0 aromatic carbocycles. The molecule has 0 atom stereocenters. The van der Waals surface area contributed by atoms with Gasteiger partial charge in [-0.3, -0.25) is 0 Å². The number of hydrogen-bond donors (Lipinski definition) is 1. The topological polar surface area (TPSA) is 12.0 Å². The first-order chi connectivity index (χ1) is 5.41. The molecule has 0 saturated carbocycles. The normalized spacial score (nSPS) is 11.4. The first-order valence-corrected chi connectivity index (χ1v) is 4.00. The van der Waals surface area contributed by atoms with Crippen molar-refractivity contribution < 1.29 is 0 Å². The molecule has 0 aliphatic rings. The third kappa shape index (κ3) is 9.18. The van der Waals surface area contributed by atoms with Gasteiger partial charge < -0.3 is 5.32 Å². The van der Waals surface area contributed by atoms with Gasteiger partial charge in [-0.05, 0) is 26.4 Å². The van der Waals surface area contributed by atoms with Crippen LogP contribution in [0.2, 0.25) is 0 Å². The molecule has 0 unspecified atom stereocenters. The molecule has 1 N–H and O–H groups in total. The van der Waals surface area contributed by atoms with Gasteiger partial charge in [0, 0.05) is 0 Å². The molecule has 1 heteroatoms. The second-order valence-electron chi connectivity index (χ2n) is 2.29. The Balaban J connectivity index is 3.15. The Kier molecular flexibility index (Phi) is 8.50. The van der Waals surface area contributed by atoms with Crippen LogP contribution in [0, 0.1) is 0 Å². The molecule has 0 amide bonds. The third-order valence-corrected chi connectivity index (χ3v) is 1.29. The lowest BCUT2D eigenvalue weighted by molar-refractivity contribution is 0.735. The lowest BCUT2D eigenvalue weighted by atomic mass is 10.3. The fourth-order valence-electron chi connectivity index (χ4n) is 0.714. The number of nitrogens with one attached hydrogen (secondary N) is 1. The zero-order valence-corrected chi connectivity index (χ0v) is 7.22. The molecule has 0 heterocycles. The third-order valence-electron chi connectivity index (χ3n) is 1.29. The molecular weight excluding hydrogens is 134 g/mol. The Bertz CT molecular complexity index is 134. The van der Waals surface area contributed by atoms with Crippen molar-refractivity contribution in [3.8, 4) is 0 Å². The summed E-state index contributed by atoms with van der Waals surface area (Å²) < 4.78 is 0. The second-order valence-corrected chi connectivity index (χ2v) is 2.29. The lowest BCUT2D eigenvalue weighted by Crippen LogP contribution is -2.06. The van der Waals surface area contributed by atoms with Crippen molar-refractivity contribution in [2.45, 2.75) is 12.8 Å². The molecule has 0 bridgehead atoms. The van der Waals surface area contributed by atoms with Gasteiger partial charge >= 0.3 is 0 Å².